The number of aryl methyl sites for hydroxylation is 1. The number of hydrogen-bond donors (Lipinski definition) is 0. The maximum Gasteiger partial charge on any atom is 0.193 e. The van der Waals surface area contributed by atoms with Crippen LogP contribution in [0.2, 0.25) is 10.1 Å². The van der Waals surface area contributed by atoms with Crippen LogP contribution in [0.5, 0.6) is 0 Å². The summed E-state index contributed by atoms with van der Waals surface area (Å²) in [5.74, 6) is 0. The van der Waals surface area contributed by atoms with Gasteiger partial charge in [-0.05, 0) is 34.7 Å². The predicted molar refractivity (Wildman–Crippen MR) is 108 cm³/mol. The lowest BCUT2D eigenvalue weighted by molar-refractivity contribution is 0.633. The molecule has 1 aliphatic heterocycles. The van der Waals surface area contributed by atoms with E-state index in [-0.39, 0.29) is 0 Å². The van der Waals surface area contributed by atoms with Gasteiger partial charge in [0.1, 0.15) is 0 Å². The average Bonchev–Trinajstić information content (AvgIpc) is 3.20. The number of benzene rings is 2. The zero-order valence-corrected chi connectivity index (χ0v) is 17.2. The Morgan fingerprint density at radius 1 is 0.750 bits per heavy atom. The van der Waals surface area contributed by atoms with Crippen molar-refractivity contribution in [2.45, 2.75) is 64.2 Å². The number of rotatable bonds is 2. The summed E-state index contributed by atoms with van der Waals surface area (Å²) >= 11 is 0. The van der Waals surface area contributed by atoms with Crippen molar-refractivity contribution in [1.29, 1.82) is 0 Å². The molecule has 1 unspecified atom stereocenters. The average molecular weight is 338 g/mol. The Kier molecular flexibility index (Phi) is 3.95. The first-order chi connectivity index (χ1) is 11.1. The number of nitrogens with zero attached hydrogens (tertiary/aromatic N) is 1. The molecule has 0 N–H and O–H groups in total. The summed E-state index contributed by atoms with van der Waals surface area (Å²) in [5.41, 5.74) is 4.76. The molecule has 128 valence electrons. The van der Waals surface area contributed by atoms with Gasteiger partial charge in [0.15, 0.2) is 8.24 Å². The topological polar surface area (TPSA) is 3.01 Å². The Morgan fingerprint density at radius 2 is 1.25 bits per heavy atom. The van der Waals surface area contributed by atoms with Gasteiger partial charge < -0.3 is 4.57 Å². The highest BCUT2D eigenvalue weighted by atomic mass is 28.4. The van der Waals surface area contributed by atoms with Crippen LogP contribution in [0.25, 0.3) is 0 Å². The van der Waals surface area contributed by atoms with Crippen molar-refractivity contribution in [3.8, 4) is 0 Å². The van der Waals surface area contributed by atoms with Gasteiger partial charge in [0.05, 0.1) is 5.67 Å². The third-order valence-electron chi connectivity index (χ3n) is 5.68. The van der Waals surface area contributed by atoms with Crippen LogP contribution < -0.4 is 4.57 Å². The van der Waals surface area contributed by atoms with E-state index in [1.54, 1.807) is 0 Å². The Labute approximate surface area is 148 Å². The summed E-state index contributed by atoms with van der Waals surface area (Å²) in [7, 11) is -1.78. The van der Waals surface area contributed by atoms with Gasteiger partial charge in [0.2, 0.25) is 0 Å². The van der Waals surface area contributed by atoms with E-state index >= 15 is 0 Å². The zero-order valence-electron chi connectivity index (χ0n) is 16.2. The van der Waals surface area contributed by atoms with E-state index in [2.05, 4.69) is 108 Å². The molecule has 2 heteroatoms. The van der Waals surface area contributed by atoms with Gasteiger partial charge in [-0.15, -0.1) is 0 Å². The van der Waals surface area contributed by atoms with Crippen LogP contribution in [0.4, 0.5) is 5.69 Å². The molecule has 24 heavy (non-hydrogen) atoms. The van der Waals surface area contributed by atoms with Crippen LogP contribution in [0.15, 0.2) is 54.6 Å². The van der Waals surface area contributed by atoms with E-state index in [9.17, 15) is 0 Å². The second kappa shape index (κ2) is 5.49. The highest BCUT2D eigenvalue weighted by Gasteiger charge is 2.76. The Bertz CT molecular complexity index is 690. The maximum atomic E-state index is 2.79. The molecule has 1 aliphatic rings. The highest BCUT2D eigenvalue weighted by Crippen LogP contribution is 2.71. The van der Waals surface area contributed by atoms with E-state index in [4.69, 9.17) is 0 Å². The molecule has 2 aromatic carbocycles. The van der Waals surface area contributed by atoms with Gasteiger partial charge in [-0.25, -0.2) is 0 Å². The highest BCUT2D eigenvalue weighted by molar-refractivity contribution is 6.99. The molecule has 0 bridgehead atoms. The number of hydrogen-bond acceptors (Lipinski definition) is 1. The largest absolute Gasteiger partial charge is 0.388 e. The molecule has 0 aromatic heterocycles. The minimum Gasteiger partial charge on any atom is -0.388 e. The first kappa shape index (κ1) is 17.3. The molecule has 2 aromatic rings. The van der Waals surface area contributed by atoms with Crippen LogP contribution in [0, 0.1) is 6.92 Å². The van der Waals surface area contributed by atoms with Gasteiger partial charge in [0, 0.05) is 5.69 Å². The normalized spacial score (nSPS) is 20.1. The van der Waals surface area contributed by atoms with Crippen molar-refractivity contribution in [2.24, 2.45) is 0 Å². The van der Waals surface area contributed by atoms with Crippen LogP contribution >= 0.6 is 0 Å². The lowest BCUT2D eigenvalue weighted by Crippen LogP contribution is -2.44. The van der Waals surface area contributed by atoms with E-state index < -0.39 is 8.24 Å². The first-order valence-corrected chi connectivity index (χ1v) is 11.0. The molecule has 0 amide bonds. The fraction of sp³-hybridized carbons (Fsp3) is 0.455. The second-order valence-electron chi connectivity index (χ2n) is 9.29. The summed E-state index contributed by atoms with van der Waals surface area (Å²) in [4.78, 5) is 0. The van der Waals surface area contributed by atoms with E-state index in [1.807, 2.05) is 0 Å². The standard InChI is InChI=1S/C22H31NSi/c1-17-13-15-19(16-14-17)23-20(18-11-9-8-10-12-18)24(23,21(2,3)4)22(5,6)7/h8-16,20H,1-7H3. The Morgan fingerprint density at radius 3 is 1.71 bits per heavy atom. The third-order valence-corrected chi connectivity index (χ3v) is 12.6. The molecule has 1 heterocycles. The van der Waals surface area contributed by atoms with Crippen LogP contribution in [-0.2, 0) is 0 Å². The van der Waals surface area contributed by atoms with E-state index in [1.165, 1.54) is 16.8 Å². The van der Waals surface area contributed by atoms with Crippen LogP contribution in [0.3, 0.4) is 0 Å². The Balaban J connectivity index is 2.18. The van der Waals surface area contributed by atoms with E-state index in [0.29, 0.717) is 15.7 Å². The predicted octanol–water partition coefficient (Wildman–Crippen LogP) is 6.64. The van der Waals surface area contributed by atoms with Crippen molar-refractivity contribution in [1.82, 2.24) is 0 Å². The van der Waals surface area contributed by atoms with Gasteiger partial charge in [-0.2, -0.15) is 0 Å². The third kappa shape index (κ3) is 2.43. The molecule has 0 radical (unpaired) electrons. The summed E-state index contributed by atoms with van der Waals surface area (Å²) in [6.07, 6.45) is 0. The van der Waals surface area contributed by atoms with Crippen molar-refractivity contribution >= 4 is 13.9 Å². The smallest absolute Gasteiger partial charge is 0.193 e. The minimum atomic E-state index is -1.78. The minimum absolute atomic E-state index is 0.302. The van der Waals surface area contributed by atoms with Gasteiger partial charge >= 0.3 is 0 Å². The van der Waals surface area contributed by atoms with Crippen molar-refractivity contribution in [3.63, 3.8) is 0 Å². The molecule has 1 fully saturated rings. The molecule has 0 aliphatic carbocycles. The number of anilines is 1. The van der Waals surface area contributed by atoms with Crippen LogP contribution in [0.1, 0.15) is 58.3 Å². The lowest BCUT2D eigenvalue weighted by Gasteiger charge is -2.40. The first-order valence-electron chi connectivity index (χ1n) is 9.01. The van der Waals surface area contributed by atoms with Crippen LogP contribution in [-0.4, -0.2) is 8.24 Å². The SMILES string of the molecule is Cc1ccc(N2C(c3ccccc3)[Si]2(C(C)(C)C)C(C)(C)C)cc1. The van der Waals surface area contributed by atoms with Crippen molar-refractivity contribution < 1.29 is 0 Å². The summed E-state index contributed by atoms with van der Waals surface area (Å²) in [6.45, 7) is 16.9. The van der Waals surface area contributed by atoms with Gasteiger partial charge in [-0.3, -0.25) is 0 Å². The molecular weight excluding hydrogens is 306 g/mol. The van der Waals surface area contributed by atoms with Crippen molar-refractivity contribution in [3.05, 3.63) is 65.7 Å². The van der Waals surface area contributed by atoms with Gasteiger partial charge in [-0.1, -0.05) is 89.6 Å². The van der Waals surface area contributed by atoms with Gasteiger partial charge in [0.25, 0.3) is 0 Å². The second-order valence-corrected chi connectivity index (χ2v) is 14.8. The van der Waals surface area contributed by atoms with E-state index in [0.717, 1.165) is 0 Å². The fourth-order valence-electron chi connectivity index (χ4n) is 5.04. The zero-order chi connectivity index (χ0) is 17.8. The molecule has 3 rings (SSSR count). The molecular formula is C22H31NSi. The fourth-order valence-corrected chi connectivity index (χ4v) is 12.9. The summed E-state index contributed by atoms with van der Waals surface area (Å²) in [6, 6.07) is 20.3. The molecule has 1 saturated heterocycles. The molecule has 0 spiro atoms. The molecule has 1 nitrogen and oxygen atoms in total. The molecule has 0 saturated carbocycles. The van der Waals surface area contributed by atoms with Crippen molar-refractivity contribution in [2.75, 3.05) is 4.57 Å². The maximum absolute atomic E-state index is 2.79. The quantitative estimate of drug-likeness (QED) is 0.438. The Hall–Kier alpha value is -1.54. The molecule has 1 atom stereocenters. The lowest BCUT2D eigenvalue weighted by atomic mass is 10.2. The monoisotopic (exact) mass is 337 g/mol. The summed E-state index contributed by atoms with van der Waals surface area (Å²) in [5, 5.41) is 0.604. The summed E-state index contributed by atoms with van der Waals surface area (Å²) < 4.78 is 2.79.